The Kier molecular flexibility index (Phi) is 5.15. The highest BCUT2D eigenvalue weighted by atomic mass is 32.2. The number of hydrogen-bond donors (Lipinski definition) is 1. The van der Waals surface area contributed by atoms with E-state index in [4.69, 9.17) is 9.47 Å². The molecule has 0 bridgehead atoms. The first kappa shape index (κ1) is 15.0. The second-order valence-corrected chi connectivity index (χ2v) is 5.17. The van der Waals surface area contributed by atoms with E-state index in [0.29, 0.717) is 0 Å². The molecule has 0 spiro atoms. The van der Waals surface area contributed by atoms with Crippen molar-refractivity contribution < 1.29 is 22.3 Å². The molecule has 0 aromatic carbocycles. The van der Waals surface area contributed by atoms with Crippen LogP contribution in [0.4, 0.5) is 4.39 Å². The number of rotatable bonds is 6. The first-order chi connectivity index (χ1) is 8.42. The van der Waals surface area contributed by atoms with Gasteiger partial charge >= 0.3 is 0 Å². The summed E-state index contributed by atoms with van der Waals surface area (Å²) in [4.78, 5) is 3.51. The van der Waals surface area contributed by atoms with E-state index < -0.39 is 33.2 Å². The fraction of sp³-hybridized carbons (Fsp3) is 0.500. The fourth-order valence-electron chi connectivity index (χ4n) is 1.43. The molecule has 102 valence electrons. The molecule has 1 unspecified atom stereocenters. The molecule has 1 aromatic heterocycles. The summed E-state index contributed by atoms with van der Waals surface area (Å²) >= 11 is 0. The van der Waals surface area contributed by atoms with Crippen LogP contribution in [0.2, 0.25) is 0 Å². The number of aromatic nitrogens is 1. The Morgan fingerprint density at radius 3 is 2.50 bits per heavy atom. The average molecular weight is 278 g/mol. The Labute approximate surface area is 105 Å². The van der Waals surface area contributed by atoms with Crippen LogP contribution in [0.5, 0.6) is 0 Å². The van der Waals surface area contributed by atoms with Gasteiger partial charge in [0.25, 0.3) is 10.0 Å². The second-order valence-electron chi connectivity index (χ2n) is 3.54. The normalized spacial score (nSPS) is 13.8. The Hall–Kier alpha value is -1.09. The van der Waals surface area contributed by atoms with Crippen molar-refractivity contribution in [2.24, 2.45) is 0 Å². The molecule has 0 amide bonds. The van der Waals surface area contributed by atoms with Crippen LogP contribution in [0.25, 0.3) is 0 Å². The topological polar surface area (TPSA) is 77.5 Å². The van der Waals surface area contributed by atoms with Gasteiger partial charge in [0.2, 0.25) is 5.03 Å². The molecule has 0 aliphatic carbocycles. The van der Waals surface area contributed by atoms with Crippen LogP contribution in [0.1, 0.15) is 6.92 Å². The van der Waals surface area contributed by atoms with E-state index in [-0.39, 0.29) is 0 Å². The van der Waals surface area contributed by atoms with E-state index in [0.717, 1.165) is 6.07 Å². The van der Waals surface area contributed by atoms with Gasteiger partial charge < -0.3 is 9.47 Å². The first-order valence-corrected chi connectivity index (χ1v) is 6.59. The number of halogens is 1. The molecule has 0 aliphatic rings. The molecular weight excluding hydrogens is 263 g/mol. The molecule has 0 fully saturated rings. The number of nitrogens with zero attached hydrogens (tertiary/aromatic N) is 1. The lowest BCUT2D eigenvalue weighted by atomic mass is 10.3. The van der Waals surface area contributed by atoms with Gasteiger partial charge in [-0.25, -0.2) is 22.5 Å². The highest BCUT2D eigenvalue weighted by molar-refractivity contribution is 7.89. The van der Waals surface area contributed by atoms with Gasteiger partial charge in [-0.2, -0.15) is 0 Å². The van der Waals surface area contributed by atoms with Gasteiger partial charge in [-0.15, -0.1) is 0 Å². The van der Waals surface area contributed by atoms with Crippen molar-refractivity contribution >= 4 is 10.0 Å². The molecule has 18 heavy (non-hydrogen) atoms. The number of ether oxygens (including phenoxy) is 2. The molecule has 0 saturated heterocycles. The SMILES string of the molecule is COC(OC)C(C)NS(=O)(=O)c1ncccc1F. The monoisotopic (exact) mass is 278 g/mol. The van der Waals surface area contributed by atoms with Crippen molar-refractivity contribution in [2.75, 3.05) is 14.2 Å². The van der Waals surface area contributed by atoms with Gasteiger partial charge in [0.15, 0.2) is 12.1 Å². The summed E-state index contributed by atoms with van der Waals surface area (Å²) in [6, 6.07) is 1.65. The van der Waals surface area contributed by atoms with Crippen LogP contribution >= 0.6 is 0 Å². The molecule has 6 nitrogen and oxygen atoms in total. The Bertz CT molecular complexity index is 490. The summed E-state index contributed by atoms with van der Waals surface area (Å²) < 4.78 is 49.2. The van der Waals surface area contributed by atoms with Crippen molar-refractivity contribution in [3.63, 3.8) is 0 Å². The lowest BCUT2D eigenvalue weighted by molar-refractivity contribution is -0.115. The van der Waals surface area contributed by atoms with Gasteiger partial charge in [-0.1, -0.05) is 0 Å². The maximum absolute atomic E-state index is 13.4. The lowest BCUT2D eigenvalue weighted by Gasteiger charge is -2.21. The Balaban J connectivity index is 2.93. The van der Waals surface area contributed by atoms with Crippen molar-refractivity contribution in [1.82, 2.24) is 9.71 Å². The summed E-state index contributed by atoms with van der Waals surface area (Å²) in [7, 11) is -1.30. The third kappa shape index (κ3) is 3.45. The first-order valence-electron chi connectivity index (χ1n) is 5.10. The van der Waals surface area contributed by atoms with Gasteiger partial charge in [-0.3, -0.25) is 0 Å². The van der Waals surface area contributed by atoms with E-state index in [9.17, 15) is 12.8 Å². The van der Waals surface area contributed by atoms with Crippen molar-refractivity contribution in [2.45, 2.75) is 24.3 Å². The van der Waals surface area contributed by atoms with Gasteiger partial charge in [-0.05, 0) is 19.1 Å². The smallest absolute Gasteiger partial charge is 0.261 e. The van der Waals surface area contributed by atoms with Gasteiger partial charge in [0.1, 0.15) is 0 Å². The zero-order valence-corrected chi connectivity index (χ0v) is 11.1. The maximum atomic E-state index is 13.4. The average Bonchev–Trinajstić information content (AvgIpc) is 2.30. The molecule has 1 rings (SSSR count). The van der Waals surface area contributed by atoms with E-state index in [1.54, 1.807) is 0 Å². The molecule has 1 atom stereocenters. The summed E-state index contributed by atoms with van der Waals surface area (Å²) in [5, 5.41) is -0.650. The van der Waals surface area contributed by atoms with E-state index >= 15 is 0 Å². The molecule has 1 N–H and O–H groups in total. The molecular formula is C10H15FN2O4S. The molecule has 1 heterocycles. The standard InChI is InChI=1S/C10H15FN2O4S/c1-7(10(16-2)17-3)13-18(14,15)9-8(11)5-4-6-12-9/h4-7,10,13H,1-3H3. The highest BCUT2D eigenvalue weighted by Crippen LogP contribution is 2.11. The summed E-state index contributed by atoms with van der Waals surface area (Å²) in [5.74, 6) is -0.913. The second kappa shape index (κ2) is 6.19. The van der Waals surface area contributed by atoms with Crippen LogP contribution < -0.4 is 4.72 Å². The Morgan fingerprint density at radius 1 is 1.39 bits per heavy atom. The summed E-state index contributed by atoms with van der Waals surface area (Å²) in [6.07, 6.45) is 0.429. The molecule has 1 aromatic rings. The third-order valence-electron chi connectivity index (χ3n) is 2.19. The van der Waals surface area contributed by atoms with Crippen LogP contribution in [0, 0.1) is 5.82 Å². The maximum Gasteiger partial charge on any atom is 0.261 e. The number of sulfonamides is 1. The molecule has 8 heteroatoms. The van der Waals surface area contributed by atoms with Crippen molar-refractivity contribution in [3.05, 3.63) is 24.1 Å². The Morgan fingerprint density at radius 2 is 2.00 bits per heavy atom. The van der Waals surface area contributed by atoms with E-state index in [1.165, 1.54) is 33.4 Å². The van der Waals surface area contributed by atoms with E-state index in [1.807, 2.05) is 0 Å². The highest BCUT2D eigenvalue weighted by Gasteiger charge is 2.26. The van der Waals surface area contributed by atoms with Crippen LogP contribution in [0.3, 0.4) is 0 Å². The minimum absolute atomic E-state index is 0.650. The van der Waals surface area contributed by atoms with Crippen LogP contribution in [0.15, 0.2) is 23.4 Å². The molecule has 0 aliphatic heterocycles. The number of hydrogen-bond acceptors (Lipinski definition) is 5. The fourth-order valence-corrected chi connectivity index (χ4v) is 2.67. The molecule has 0 saturated carbocycles. The zero-order chi connectivity index (χ0) is 13.8. The zero-order valence-electron chi connectivity index (χ0n) is 10.3. The van der Waals surface area contributed by atoms with Crippen molar-refractivity contribution in [3.8, 4) is 0 Å². The summed E-state index contributed by atoms with van der Waals surface area (Å²) in [5.41, 5.74) is 0. The quantitative estimate of drug-likeness (QED) is 0.767. The van der Waals surface area contributed by atoms with Crippen LogP contribution in [-0.2, 0) is 19.5 Å². The summed E-state index contributed by atoms with van der Waals surface area (Å²) in [6.45, 7) is 1.54. The van der Waals surface area contributed by atoms with Crippen LogP contribution in [-0.4, -0.2) is 40.0 Å². The molecule has 0 radical (unpaired) electrons. The lowest BCUT2D eigenvalue weighted by Crippen LogP contribution is -2.43. The minimum atomic E-state index is -4.05. The largest absolute Gasteiger partial charge is 0.354 e. The van der Waals surface area contributed by atoms with E-state index in [2.05, 4.69) is 9.71 Å². The van der Waals surface area contributed by atoms with Gasteiger partial charge in [0.05, 0.1) is 6.04 Å². The third-order valence-corrected chi connectivity index (χ3v) is 3.68. The number of methoxy groups -OCH3 is 2. The van der Waals surface area contributed by atoms with Gasteiger partial charge in [0, 0.05) is 20.4 Å². The number of nitrogens with one attached hydrogen (secondary N) is 1. The number of pyridine rings is 1. The predicted octanol–water partition coefficient (Wildman–Crippen LogP) is 0.506. The van der Waals surface area contributed by atoms with Crippen molar-refractivity contribution in [1.29, 1.82) is 0 Å². The minimum Gasteiger partial charge on any atom is -0.354 e. The predicted molar refractivity (Wildman–Crippen MR) is 61.8 cm³/mol.